The van der Waals surface area contributed by atoms with Gasteiger partial charge in [0.2, 0.25) is 0 Å². The molecule has 2 aromatic heterocycles. The van der Waals surface area contributed by atoms with Crippen LogP contribution in [-0.4, -0.2) is 31.1 Å². The van der Waals surface area contributed by atoms with Gasteiger partial charge < -0.3 is 4.74 Å². The molecule has 0 N–H and O–H groups in total. The Labute approximate surface area is 154 Å². The second kappa shape index (κ2) is 7.10. The molecule has 0 bridgehead atoms. The van der Waals surface area contributed by atoms with Gasteiger partial charge in [-0.3, -0.25) is 4.98 Å². The van der Waals surface area contributed by atoms with E-state index in [1.54, 1.807) is 24.5 Å². The number of benzene rings is 1. The fourth-order valence-electron chi connectivity index (χ4n) is 2.48. The van der Waals surface area contributed by atoms with Crippen molar-refractivity contribution in [2.75, 3.05) is 7.11 Å². The van der Waals surface area contributed by atoms with Crippen LogP contribution < -0.4 is 0 Å². The zero-order valence-corrected chi connectivity index (χ0v) is 16.3. The highest BCUT2D eigenvalue weighted by atomic mass is 28.3. The molecule has 0 spiro atoms. The molecule has 26 heavy (non-hydrogen) atoms. The Morgan fingerprint density at radius 1 is 1.12 bits per heavy atom. The number of ether oxygens (including phenoxy) is 1. The summed E-state index contributed by atoms with van der Waals surface area (Å²) in [7, 11) is -0.0315. The highest BCUT2D eigenvalue weighted by Crippen LogP contribution is 2.25. The lowest BCUT2D eigenvalue weighted by atomic mass is 10.0. The van der Waals surface area contributed by atoms with Crippen molar-refractivity contribution in [3.05, 3.63) is 59.9 Å². The van der Waals surface area contributed by atoms with Crippen molar-refractivity contribution >= 4 is 24.9 Å². The molecule has 0 fully saturated rings. The van der Waals surface area contributed by atoms with Crippen LogP contribution in [0.1, 0.15) is 15.9 Å². The second-order valence-electron chi connectivity index (χ2n) is 7.02. The van der Waals surface area contributed by atoms with Crippen LogP contribution in [0.2, 0.25) is 19.6 Å². The Kier molecular flexibility index (Phi) is 4.87. The quantitative estimate of drug-likeness (QED) is 0.388. The fourth-order valence-corrected chi connectivity index (χ4v) is 3.00. The predicted molar refractivity (Wildman–Crippen MR) is 107 cm³/mol. The maximum absolute atomic E-state index is 12.2. The van der Waals surface area contributed by atoms with E-state index in [1.165, 1.54) is 7.11 Å². The molecule has 0 radical (unpaired) electrons. The number of esters is 1. The number of aromatic nitrogens is 2. The predicted octanol–water partition coefficient (Wildman–Crippen LogP) is 4.31. The van der Waals surface area contributed by atoms with Crippen molar-refractivity contribution in [2.45, 2.75) is 19.6 Å². The van der Waals surface area contributed by atoms with Crippen LogP contribution in [0.3, 0.4) is 0 Å². The first-order valence-electron chi connectivity index (χ1n) is 8.34. The van der Waals surface area contributed by atoms with Gasteiger partial charge in [-0.05, 0) is 24.3 Å². The Morgan fingerprint density at radius 3 is 2.50 bits per heavy atom. The first-order chi connectivity index (χ1) is 12.4. The SMILES string of the molecule is COC(=O)c1cc(-c2ccc(C#C[Si](C)(C)C)cc2)nc2ccncc12. The highest BCUT2D eigenvalue weighted by Gasteiger charge is 2.14. The minimum atomic E-state index is -1.40. The molecule has 1 aromatic carbocycles. The highest BCUT2D eigenvalue weighted by molar-refractivity contribution is 6.83. The van der Waals surface area contributed by atoms with Crippen molar-refractivity contribution in [3.8, 4) is 22.7 Å². The van der Waals surface area contributed by atoms with Gasteiger partial charge in [0.25, 0.3) is 0 Å². The van der Waals surface area contributed by atoms with E-state index in [-0.39, 0.29) is 0 Å². The molecule has 0 aliphatic rings. The molecular formula is C21H20N2O2Si. The summed E-state index contributed by atoms with van der Waals surface area (Å²) in [5.41, 5.74) is 7.15. The molecule has 4 nitrogen and oxygen atoms in total. The standard InChI is InChI=1S/C21H20N2O2Si/c1-25-21(24)17-13-20(23-19-9-11-22-14-18(17)19)16-7-5-15(6-8-16)10-12-26(2,3)4/h5-9,11,13-14H,1-4H3. The van der Waals surface area contributed by atoms with Crippen molar-refractivity contribution in [2.24, 2.45) is 0 Å². The first-order valence-corrected chi connectivity index (χ1v) is 11.8. The molecule has 0 atom stereocenters. The van der Waals surface area contributed by atoms with Crippen LogP contribution in [-0.2, 0) is 4.74 Å². The second-order valence-corrected chi connectivity index (χ2v) is 11.8. The van der Waals surface area contributed by atoms with E-state index >= 15 is 0 Å². The summed E-state index contributed by atoms with van der Waals surface area (Å²) < 4.78 is 4.91. The molecule has 0 saturated carbocycles. The summed E-state index contributed by atoms with van der Waals surface area (Å²) in [6.07, 6.45) is 3.29. The number of carbonyl (C=O) groups is 1. The van der Waals surface area contributed by atoms with E-state index in [4.69, 9.17) is 4.74 Å². The van der Waals surface area contributed by atoms with Crippen LogP contribution in [0.25, 0.3) is 22.2 Å². The Morgan fingerprint density at radius 2 is 1.85 bits per heavy atom. The summed E-state index contributed by atoms with van der Waals surface area (Å²) in [5, 5.41) is 0.681. The minimum Gasteiger partial charge on any atom is -0.465 e. The molecule has 0 unspecified atom stereocenters. The first kappa shape index (κ1) is 17.8. The van der Waals surface area contributed by atoms with Gasteiger partial charge in [-0.2, -0.15) is 0 Å². The molecule has 5 heteroatoms. The number of hydrogen-bond donors (Lipinski definition) is 0. The Bertz CT molecular complexity index is 1030. The number of fused-ring (bicyclic) bond motifs is 1. The molecule has 0 saturated heterocycles. The largest absolute Gasteiger partial charge is 0.465 e. The van der Waals surface area contributed by atoms with Gasteiger partial charge in [0, 0.05) is 28.9 Å². The van der Waals surface area contributed by atoms with Crippen molar-refractivity contribution in [1.29, 1.82) is 0 Å². The summed E-state index contributed by atoms with van der Waals surface area (Å²) >= 11 is 0. The third-order valence-electron chi connectivity index (χ3n) is 3.78. The normalized spacial score (nSPS) is 10.9. The van der Waals surface area contributed by atoms with E-state index in [1.807, 2.05) is 24.3 Å². The lowest BCUT2D eigenvalue weighted by Crippen LogP contribution is -2.16. The molecule has 3 aromatic rings. The number of hydrogen-bond acceptors (Lipinski definition) is 4. The lowest BCUT2D eigenvalue weighted by molar-refractivity contribution is 0.0603. The van der Waals surface area contributed by atoms with Gasteiger partial charge in [0.15, 0.2) is 0 Å². The van der Waals surface area contributed by atoms with Crippen molar-refractivity contribution in [1.82, 2.24) is 9.97 Å². The van der Waals surface area contributed by atoms with Gasteiger partial charge in [0.05, 0.1) is 23.9 Å². The molecule has 0 aliphatic heterocycles. The molecule has 0 amide bonds. The minimum absolute atomic E-state index is 0.399. The molecular weight excluding hydrogens is 340 g/mol. The van der Waals surface area contributed by atoms with E-state index in [2.05, 4.69) is 41.1 Å². The van der Waals surface area contributed by atoms with Crippen LogP contribution in [0.4, 0.5) is 0 Å². The van der Waals surface area contributed by atoms with Crippen LogP contribution in [0.15, 0.2) is 48.8 Å². The number of methoxy groups -OCH3 is 1. The van der Waals surface area contributed by atoms with Crippen LogP contribution in [0.5, 0.6) is 0 Å². The van der Waals surface area contributed by atoms with E-state index in [9.17, 15) is 4.79 Å². The van der Waals surface area contributed by atoms with Gasteiger partial charge >= 0.3 is 5.97 Å². The summed E-state index contributed by atoms with van der Waals surface area (Å²) in [5.74, 6) is 2.84. The number of nitrogens with zero attached hydrogens (tertiary/aromatic N) is 2. The number of rotatable bonds is 2. The smallest absolute Gasteiger partial charge is 0.338 e. The monoisotopic (exact) mass is 360 g/mol. The molecule has 2 heterocycles. The summed E-state index contributed by atoms with van der Waals surface area (Å²) in [6.45, 7) is 6.66. The molecule has 0 aliphatic carbocycles. The maximum Gasteiger partial charge on any atom is 0.338 e. The van der Waals surface area contributed by atoms with E-state index in [0.29, 0.717) is 22.2 Å². The van der Waals surface area contributed by atoms with Gasteiger partial charge in [-0.25, -0.2) is 9.78 Å². The van der Waals surface area contributed by atoms with E-state index in [0.717, 1.165) is 11.1 Å². The van der Waals surface area contributed by atoms with Gasteiger partial charge in [0.1, 0.15) is 8.07 Å². The summed E-state index contributed by atoms with van der Waals surface area (Å²) in [6, 6.07) is 11.5. The molecule has 3 rings (SSSR count). The third-order valence-corrected chi connectivity index (χ3v) is 4.65. The third kappa shape index (κ3) is 3.98. The Balaban J connectivity index is 2.05. The summed E-state index contributed by atoms with van der Waals surface area (Å²) in [4.78, 5) is 20.9. The van der Waals surface area contributed by atoms with E-state index < -0.39 is 14.0 Å². The molecule has 130 valence electrons. The van der Waals surface area contributed by atoms with Crippen molar-refractivity contribution in [3.63, 3.8) is 0 Å². The fraction of sp³-hybridized carbons (Fsp3) is 0.190. The topological polar surface area (TPSA) is 52.1 Å². The number of pyridine rings is 2. The van der Waals surface area contributed by atoms with Crippen LogP contribution >= 0.6 is 0 Å². The average Bonchev–Trinajstić information content (AvgIpc) is 2.64. The maximum atomic E-state index is 12.2. The lowest BCUT2D eigenvalue weighted by Gasteiger charge is -2.08. The average molecular weight is 360 g/mol. The number of carbonyl (C=O) groups excluding carboxylic acids is 1. The van der Waals surface area contributed by atoms with Crippen molar-refractivity contribution < 1.29 is 9.53 Å². The zero-order chi connectivity index (χ0) is 18.7. The van der Waals surface area contributed by atoms with Gasteiger partial charge in [-0.1, -0.05) is 37.7 Å². The Hall–Kier alpha value is -2.97. The van der Waals surface area contributed by atoms with Gasteiger partial charge in [-0.15, -0.1) is 5.54 Å². The van der Waals surface area contributed by atoms with Crippen LogP contribution in [0, 0.1) is 11.5 Å². The zero-order valence-electron chi connectivity index (χ0n) is 15.3.